The molecule has 0 amide bonds. The first-order chi connectivity index (χ1) is 9.29. The number of aliphatic imine (C=N–C) groups is 1. The number of rotatable bonds is 3. The Morgan fingerprint density at radius 3 is 2.45 bits per heavy atom. The van der Waals surface area contributed by atoms with Gasteiger partial charge in [0.15, 0.2) is 5.96 Å². The molecule has 0 aromatic rings. The van der Waals surface area contributed by atoms with Crippen LogP contribution in [0.2, 0.25) is 0 Å². The number of nitrogens with zero attached hydrogens (tertiary/aromatic N) is 2. The van der Waals surface area contributed by atoms with Gasteiger partial charge in [0.05, 0.1) is 6.10 Å². The fraction of sp³-hybridized carbons (Fsp3) is 0.938. The summed E-state index contributed by atoms with van der Waals surface area (Å²) in [4.78, 5) is 7.17. The first-order valence-electron chi connectivity index (χ1n) is 8.03. The van der Waals surface area contributed by atoms with Gasteiger partial charge in [0.25, 0.3) is 0 Å². The van der Waals surface area contributed by atoms with Crippen molar-refractivity contribution >= 4 is 5.96 Å². The maximum Gasteiger partial charge on any atom is 0.194 e. The monoisotopic (exact) mass is 281 g/mol. The summed E-state index contributed by atoms with van der Waals surface area (Å²) in [5, 5.41) is 13.3. The van der Waals surface area contributed by atoms with Crippen LogP contribution in [0.25, 0.3) is 0 Å². The molecule has 2 N–H and O–H groups in total. The van der Waals surface area contributed by atoms with E-state index in [4.69, 9.17) is 4.99 Å². The van der Waals surface area contributed by atoms with Crippen LogP contribution in [0, 0.1) is 11.3 Å². The fourth-order valence-electron chi connectivity index (χ4n) is 3.23. The molecule has 0 spiro atoms. The summed E-state index contributed by atoms with van der Waals surface area (Å²) >= 11 is 0. The molecule has 2 unspecified atom stereocenters. The van der Waals surface area contributed by atoms with Gasteiger partial charge in [-0.25, -0.2) is 0 Å². The molecule has 116 valence electrons. The van der Waals surface area contributed by atoms with Crippen LogP contribution in [0.4, 0.5) is 0 Å². The van der Waals surface area contributed by atoms with Crippen LogP contribution >= 0.6 is 0 Å². The van der Waals surface area contributed by atoms with Gasteiger partial charge in [-0.15, -0.1) is 0 Å². The van der Waals surface area contributed by atoms with E-state index in [0.29, 0.717) is 11.3 Å². The molecule has 1 saturated heterocycles. The van der Waals surface area contributed by atoms with Crippen molar-refractivity contribution in [1.82, 2.24) is 10.2 Å². The third-order valence-electron chi connectivity index (χ3n) is 5.57. The second-order valence-electron chi connectivity index (χ2n) is 7.48. The minimum Gasteiger partial charge on any atom is -0.393 e. The Balaban J connectivity index is 2.04. The number of guanidine groups is 1. The minimum atomic E-state index is -0.150. The normalized spacial score (nSPS) is 32.1. The Kier molecular flexibility index (Phi) is 4.33. The lowest BCUT2D eigenvalue weighted by molar-refractivity contribution is -0.0668. The average Bonchev–Trinajstić information content (AvgIpc) is 2.77. The molecule has 0 aromatic carbocycles. The van der Waals surface area contributed by atoms with Gasteiger partial charge >= 0.3 is 0 Å². The third-order valence-corrected chi connectivity index (χ3v) is 5.57. The van der Waals surface area contributed by atoms with Gasteiger partial charge in [0.2, 0.25) is 0 Å². The smallest absolute Gasteiger partial charge is 0.194 e. The van der Waals surface area contributed by atoms with Gasteiger partial charge in [0.1, 0.15) is 0 Å². The van der Waals surface area contributed by atoms with Crippen molar-refractivity contribution in [3.05, 3.63) is 0 Å². The molecule has 1 heterocycles. The van der Waals surface area contributed by atoms with Gasteiger partial charge in [0, 0.05) is 36.5 Å². The van der Waals surface area contributed by atoms with E-state index in [9.17, 15) is 5.11 Å². The second kappa shape index (κ2) is 5.55. The van der Waals surface area contributed by atoms with Crippen LogP contribution in [-0.2, 0) is 0 Å². The van der Waals surface area contributed by atoms with E-state index < -0.39 is 0 Å². The molecular weight excluding hydrogens is 250 g/mol. The van der Waals surface area contributed by atoms with Crippen molar-refractivity contribution in [1.29, 1.82) is 0 Å². The molecule has 2 rings (SSSR count). The van der Waals surface area contributed by atoms with Crippen molar-refractivity contribution in [3.8, 4) is 0 Å². The van der Waals surface area contributed by atoms with Gasteiger partial charge in [-0.2, -0.15) is 0 Å². The van der Waals surface area contributed by atoms with Crippen molar-refractivity contribution < 1.29 is 5.11 Å². The number of aliphatic hydroxyl groups is 1. The first-order valence-corrected chi connectivity index (χ1v) is 8.03. The topological polar surface area (TPSA) is 47.9 Å². The number of hydrogen-bond acceptors (Lipinski definition) is 2. The van der Waals surface area contributed by atoms with Crippen LogP contribution in [0.15, 0.2) is 4.99 Å². The van der Waals surface area contributed by atoms with Crippen LogP contribution < -0.4 is 5.32 Å². The molecule has 1 aliphatic carbocycles. The molecule has 0 bridgehead atoms. The molecule has 0 radical (unpaired) electrons. The van der Waals surface area contributed by atoms with Crippen molar-refractivity contribution in [3.63, 3.8) is 0 Å². The van der Waals surface area contributed by atoms with Gasteiger partial charge < -0.3 is 15.3 Å². The predicted molar refractivity (Wildman–Crippen MR) is 83.9 cm³/mol. The molecule has 0 aromatic heterocycles. The summed E-state index contributed by atoms with van der Waals surface area (Å²) in [6, 6.07) is 0. The summed E-state index contributed by atoms with van der Waals surface area (Å²) in [6.07, 6.45) is 3.04. The molecule has 2 fully saturated rings. The SMILES string of the molecule is CCNC(=NCC1CCCC1O)N1CC(C)(C)C1(C)C. The number of nitrogens with one attached hydrogen (secondary N) is 1. The Morgan fingerprint density at radius 2 is 2.00 bits per heavy atom. The zero-order valence-corrected chi connectivity index (χ0v) is 13.7. The molecule has 2 atom stereocenters. The van der Waals surface area contributed by atoms with Crippen LogP contribution in [0.5, 0.6) is 0 Å². The van der Waals surface area contributed by atoms with E-state index in [1.54, 1.807) is 0 Å². The third kappa shape index (κ3) is 2.67. The number of hydrogen-bond donors (Lipinski definition) is 2. The quantitative estimate of drug-likeness (QED) is 0.616. The van der Waals surface area contributed by atoms with E-state index in [1.165, 1.54) is 0 Å². The van der Waals surface area contributed by atoms with Crippen molar-refractivity contribution in [2.75, 3.05) is 19.6 Å². The molecule has 1 saturated carbocycles. The van der Waals surface area contributed by atoms with E-state index in [-0.39, 0.29) is 11.6 Å². The molecule has 20 heavy (non-hydrogen) atoms. The largest absolute Gasteiger partial charge is 0.393 e. The Bertz CT molecular complexity index is 376. The molecule has 2 aliphatic rings. The molecule has 1 aliphatic heterocycles. The van der Waals surface area contributed by atoms with Crippen molar-refractivity contribution in [2.24, 2.45) is 16.3 Å². The summed E-state index contributed by atoms with van der Waals surface area (Å²) in [6.45, 7) is 14.0. The highest BCUT2D eigenvalue weighted by Crippen LogP contribution is 2.46. The standard InChI is InChI=1S/C16H31N3O/c1-6-17-14(18-10-12-8-7-9-13(12)20)19-11-15(2,3)16(19,4)5/h12-13,20H,6-11H2,1-5H3,(H,17,18). The lowest BCUT2D eigenvalue weighted by Gasteiger charge is -2.62. The molecule has 4 heteroatoms. The Morgan fingerprint density at radius 1 is 1.30 bits per heavy atom. The summed E-state index contributed by atoms with van der Waals surface area (Å²) in [7, 11) is 0. The summed E-state index contributed by atoms with van der Waals surface area (Å²) in [5.41, 5.74) is 0.443. The zero-order valence-electron chi connectivity index (χ0n) is 13.7. The van der Waals surface area contributed by atoms with Crippen LogP contribution in [0.3, 0.4) is 0 Å². The van der Waals surface area contributed by atoms with Crippen LogP contribution in [-0.4, -0.2) is 47.2 Å². The van der Waals surface area contributed by atoms with Gasteiger partial charge in [-0.05, 0) is 33.6 Å². The predicted octanol–water partition coefficient (Wildman–Crippen LogP) is 2.23. The maximum atomic E-state index is 9.92. The highest BCUT2D eigenvalue weighted by molar-refractivity contribution is 5.82. The summed E-state index contributed by atoms with van der Waals surface area (Å²) in [5.74, 6) is 1.36. The highest BCUT2D eigenvalue weighted by atomic mass is 16.3. The lowest BCUT2D eigenvalue weighted by Crippen LogP contribution is -2.72. The van der Waals surface area contributed by atoms with E-state index in [0.717, 1.165) is 44.9 Å². The van der Waals surface area contributed by atoms with E-state index in [1.807, 2.05) is 0 Å². The molecular formula is C16H31N3O. The van der Waals surface area contributed by atoms with E-state index in [2.05, 4.69) is 44.8 Å². The fourth-order valence-corrected chi connectivity index (χ4v) is 3.23. The zero-order chi connectivity index (χ0) is 15.0. The first kappa shape index (κ1) is 15.6. The Labute approximate surface area is 123 Å². The van der Waals surface area contributed by atoms with Crippen LogP contribution in [0.1, 0.15) is 53.9 Å². The maximum absolute atomic E-state index is 9.92. The number of aliphatic hydroxyl groups excluding tert-OH is 1. The van der Waals surface area contributed by atoms with Gasteiger partial charge in [-0.3, -0.25) is 4.99 Å². The minimum absolute atomic E-state index is 0.127. The Hall–Kier alpha value is -0.770. The highest BCUT2D eigenvalue weighted by Gasteiger charge is 2.53. The van der Waals surface area contributed by atoms with E-state index >= 15 is 0 Å². The van der Waals surface area contributed by atoms with Crippen molar-refractivity contribution in [2.45, 2.75) is 65.5 Å². The van der Waals surface area contributed by atoms with Gasteiger partial charge in [-0.1, -0.05) is 20.3 Å². The summed E-state index contributed by atoms with van der Waals surface area (Å²) < 4.78 is 0. The molecule has 4 nitrogen and oxygen atoms in total. The average molecular weight is 281 g/mol. The number of likely N-dealkylation sites (tertiary alicyclic amines) is 1. The lowest BCUT2D eigenvalue weighted by atomic mass is 9.65. The second-order valence-corrected chi connectivity index (χ2v) is 7.48.